The van der Waals surface area contributed by atoms with Gasteiger partial charge in [0.1, 0.15) is 10.8 Å². The molecule has 2 saturated heterocycles. The molecule has 0 spiro atoms. The molecule has 3 atom stereocenters. The van der Waals surface area contributed by atoms with Crippen LogP contribution in [-0.2, 0) is 4.74 Å². The van der Waals surface area contributed by atoms with E-state index in [9.17, 15) is 9.59 Å². The number of thiazole rings is 1. The van der Waals surface area contributed by atoms with Crippen LogP contribution in [0.5, 0.6) is 0 Å². The third-order valence-electron chi connectivity index (χ3n) is 8.78. The molecule has 0 radical (unpaired) electrons. The highest BCUT2D eigenvalue weighted by Crippen LogP contribution is 2.35. The summed E-state index contributed by atoms with van der Waals surface area (Å²) in [7, 11) is 1.65. The highest BCUT2D eigenvalue weighted by atomic mass is 32.1. The fourth-order valence-corrected chi connectivity index (χ4v) is 7.32. The van der Waals surface area contributed by atoms with Gasteiger partial charge >= 0.3 is 0 Å². The smallest absolute Gasteiger partial charge is 0.265 e. The fraction of sp³-hybridized carbons (Fsp3) is 0.400. The average Bonchev–Trinajstić information content (AvgIpc) is 3.62. The molecule has 1 amide bonds. The van der Waals surface area contributed by atoms with E-state index in [1.807, 2.05) is 36.3 Å². The van der Waals surface area contributed by atoms with E-state index >= 15 is 0 Å². The molecule has 6 rings (SSSR count). The predicted octanol–water partition coefficient (Wildman–Crippen LogP) is 6.75. The van der Waals surface area contributed by atoms with E-state index in [-0.39, 0.29) is 17.4 Å². The summed E-state index contributed by atoms with van der Waals surface area (Å²) in [5.41, 5.74) is 6.30. The number of nitrogens with one attached hydrogen (secondary N) is 1. The Labute approximate surface area is 257 Å². The summed E-state index contributed by atoms with van der Waals surface area (Å²) in [6.07, 6.45) is 9.79. The van der Waals surface area contributed by atoms with Crippen molar-refractivity contribution in [2.75, 3.05) is 20.2 Å². The van der Waals surface area contributed by atoms with Gasteiger partial charge in [0.05, 0.1) is 29.6 Å². The molecular formula is C35H40N4O3S. The molecule has 2 aromatic heterocycles. The maximum atomic E-state index is 14.6. The third kappa shape index (κ3) is 5.78. The van der Waals surface area contributed by atoms with Crippen molar-refractivity contribution in [3.63, 3.8) is 0 Å². The molecule has 3 aliphatic rings. The minimum absolute atomic E-state index is 0.0387. The Morgan fingerprint density at radius 1 is 1.16 bits per heavy atom. The number of aromatic nitrogens is 2. The molecule has 2 bridgehead atoms. The zero-order valence-corrected chi connectivity index (χ0v) is 26.5. The summed E-state index contributed by atoms with van der Waals surface area (Å²) >= 11 is 1.44. The van der Waals surface area contributed by atoms with Gasteiger partial charge in [-0.3, -0.25) is 14.2 Å². The predicted molar refractivity (Wildman–Crippen MR) is 175 cm³/mol. The second kappa shape index (κ2) is 12.1. The van der Waals surface area contributed by atoms with Crippen LogP contribution >= 0.6 is 11.3 Å². The summed E-state index contributed by atoms with van der Waals surface area (Å²) < 4.78 is 7.41. The Kier molecular flexibility index (Phi) is 8.25. The molecule has 7 nitrogen and oxygen atoms in total. The van der Waals surface area contributed by atoms with Crippen LogP contribution in [0.15, 0.2) is 64.0 Å². The number of rotatable bonds is 7. The number of benzene rings is 1. The van der Waals surface area contributed by atoms with Gasteiger partial charge in [0.15, 0.2) is 0 Å². The second-order valence-electron chi connectivity index (χ2n) is 12.2. The average molecular weight is 597 g/mol. The van der Waals surface area contributed by atoms with Crippen molar-refractivity contribution in [1.82, 2.24) is 19.8 Å². The fourth-order valence-electron chi connectivity index (χ4n) is 6.48. The van der Waals surface area contributed by atoms with Crippen LogP contribution in [0.25, 0.3) is 33.6 Å². The first-order valence-electron chi connectivity index (χ1n) is 15.2. The number of carbonyl (C=O) groups excluding carboxylic acids is 1. The van der Waals surface area contributed by atoms with Crippen LogP contribution < -0.4 is 10.9 Å². The molecule has 1 N–H and O–H groups in total. The molecule has 1 aliphatic carbocycles. The number of amides is 1. The molecule has 1 aromatic carbocycles. The summed E-state index contributed by atoms with van der Waals surface area (Å²) in [5, 5.41) is 6.23. The van der Waals surface area contributed by atoms with Crippen LogP contribution in [0.1, 0.15) is 68.1 Å². The second-order valence-corrected chi connectivity index (χ2v) is 13.0. The third-order valence-corrected chi connectivity index (χ3v) is 9.65. The normalized spacial score (nSPS) is 21.3. The summed E-state index contributed by atoms with van der Waals surface area (Å²) in [6, 6.07) is 10.7. The molecule has 224 valence electrons. The van der Waals surface area contributed by atoms with Gasteiger partial charge < -0.3 is 15.0 Å². The topological polar surface area (TPSA) is 76.5 Å². The zero-order chi connectivity index (χ0) is 30.2. The van der Waals surface area contributed by atoms with Gasteiger partial charge in [0, 0.05) is 53.8 Å². The molecule has 8 heteroatoms. The van der Waals surface area contributed by atoms with Gasteiger partial charge in [0.2, 0.25) is 0 Å². The van der Waals surface area contributed by atoms with Crippen LogP contribution in [0, 0.1) is 12.8 Å². The Hall–Kier alpha value is -3.75. The number of ether oxygens (including phenoxy) is 1. The number of pyridine rings is 1. The van der Waals surface area contributed by atoms with Crippen molar-refractivity contribution >= 4 is 29.0 Å². The van der Waals surface area contributed by atoms with E-state index in [4.69, 9.17) is 9.72 Å². The number of carbonyl (C=O) groups is 1. The molecule has 2 unspecified atom stereocenters. The Morgan fingerprint density at radius 3 is 2.53 bits per heavy atom. The van der Waals surface area contributed by atoms with Gasteiger partial charge in [-0.2, -0.15) is 0 Å². The first kappa shape index (κ1) is 29.3. The van der Waals surface area contributed by atoms with E-state index in [1.165, 1.54) is 16.9 Å². The summed E-state index contributed by atoms with van der Waals surface area (Å²) in [6.45, 7) is 9.54. The van der Waals surface area contributed by atoms with E-state index in [0.717, 1.165) is 54.0 Å². The number of fused-ring (bicyclic) bond motifs is 2. The number of hydrogen-bond acceptors (Lipinski definition) is 6. The highest BCUT2D eigenvalue weighted by molar-refractivity contribution is 7.13. The van der Waals surface area contributed by atoms with Crippen molar-refractivity contribution in [3.8, 4) is 21.8 Å². The molecule has 2 fully saturated rings. The summed E-state index contributed by atoms with van der Waals surface area (Å²) in [4.78, 5) is 36.0. The first-order valence-corrected chi connectivity index (χ1v) is 16.1. The van der Waals surface area contributed by atoms with Gasteiger partial charge in [-0.25, -0.2) is 4.98 Å². The van der Waals surface area contributed by atoms with Gasteiger partial charge in [-0.1, -0.05) is 42.3 Å². The minimum atomic E-state index is -0.170. The molecule has 43 heavy (non-hydrogen) atoms. The zero-order valence-electron chi connectivity index (χ0n) is 25.6. The lowest BCUT2D eigenvalue weighted by Gasteiger charge is -2.34. The molecule has 4 heterocycles. The maximum absolute atomic E-state index is 14.6. The quantitative estimate of drug-likeness (QED) is 0.327. The van der Waals surface area contributed by atoms with Crippen molar-refractivity contribution < 1.29 is 9.53 Å². The molecule has 2 aliphatic heterocycles. The van der Waals surface area contributed by atoms with Gasteiger partial charge in [0.25, 0.3) is 11.5 Å². The standard InChI is InChI=1S/C35H40N4O3S/c1-6-23-11-14-27(42-5)16-31(23)39-32(15-21(2)3)28(34(40)38-18-25-12-13-26(19-38)36-25)17-29(35(39)41)33-37-30(20-43-33)24-9-7-22(4)8-10-24/h7-10,14-17,20,23,25-26,36H,6,11-13,18-19H2,1-5H3/t23-,25?,26?/m1/s1. The van der Waals surface area contributed by atoms with Crippen molar-refractivity contribution in [3.05, 3.63) is 86.4 Å². The van der Waals surface area contributed by atoms with E-state index in [2.05, 4.69) is 49.5 Å². The number of likely N-dealkylation sites (tertiary alicyclic amines) is 1. The minimum Gasteiger partial charge on any atom is -0.497 e. The molecule has 0 saturated carbocycles. The first-order chi connectivity index (χ1) is 20.7. The lowest BCUT2D eigenvalue weighted by molar-refractivity contribution is 0.0696. The van der Waals surface area contributed by atoms with Crippen molar-refractivity contribution in [2.45, 2.75) is 65.5 Å². The number of methoxy groups -OCH3 is 1. The molecule has 3 aromatic rings. The van der Waals surface area contributed by atoms with E-state index < -0.39 is 0 Å². The maximum Gasteiger partial charge on any atom is 0.265 e. The molecular weight excluding hydrogens is 556 g/mol. The number of piperazine rings is 1. The number of aryl methyl sites for hydroxylation is 1. The van der Waals surface area contributed by atoms with E-state index in [0.29, 0.717) is 47.0 Å². The number of hydrogen-bond donors (Lipinski definition) is 1. The Bertz CT molecular complexity index is 1680. The van der Waals surface area contributed by atoms with Crippen molar-refractivity contribution in [2.24, 2.45) is 5.92 Å². The SMILES string of the molecule is CC[C@@H]1CC=C(OC)C=C1n1c(C=C(C)C)c(C(=O)N2CC3CCC(C2)N3)cc(-c2nc(-c3ccc(C)cc3)cs2)c1=O. The number of nitrogens with zero attached hydrogens (tertiary/aromatic N) is 3. The highest BCUT2D eigenvalue weighted by Gasteiger charge is 2.36. The van der Waals surface area contributed by atoms with Crippen LogP contribution in [0.3, 0.4) is 0 Å². The monoisotopic (exact) mass is 596 g/mol. The lowest BCUT2D eigenvalue weighted by atomic mass is 9.92. The Morgan fingerprint density at radius 2 is 1.88 bits per heavy atom. The van der Waals surface area contributed by atoms with Crippen molar-refractivity contribution in [1.29, 1.82) is 0 Å². The largest absolute Gasteiger partial charge is 0.497 e. The van der Waals surface area contributed by atoms with Gasteiger partial charge in [-0.05, 0) is 64.7 Å². The van der Waals surface area contributed by atoms with Crippen LogP contribution in [0.4, 0.5) is 0 Å². The lowest BCUT2D eigenvalue weighted by Crippen LogP contribution is -2.53. The Balaban J connectivity index is 1.57. The number of allylic oxidation sites excluding steroid dienone is 4. The van der Waals surface area contributed by atoms with Crippen LogP contribution in [-0.4, -0.2) is 52.6 Å². The summed E-state index contributed by atoms with van der Waals surface area (Å²) in [5.74, 6) is 0.791. The van der Waals surface area contributed by atoms with Gasteiger partial charge in [-0.15, -0.1) is 11.3 Å². The van der Waals surface area contributed by atoms with E-state index in [1.54, 1.807) is 17.7 Å². The van der Waals surface area contributed by atoms with Crippen LogP contribution in [0.2, 0.25) is 0 Å².